The predicted octanol–water partition coefficient (Wildman–Crippen LogP) is 1.12. The molecular weight excluding hydrogens is 378 g/mol. The molecule has 1 aromatic heterocycles. The molecule has 4 rings (SSSR count). The molecule has 7 nitrogen and oxygen atoms in total. The molecule has 2 aliphatic rings. The summed E-state index contributed by atoms with van der Waals surface area (Å²) in [5.74, 6) is -0.485. The molecule has 2 aliphatic heterocycles. The van der Waals surface area contributed by atoms with Gasteiger partial charge in [-0.2, -0.15) is 0 Å². The summed E-state index contributed by atoms with van der Waals surface area (Å²) >= 11 is 1.37. The molecular formula is C20H21N3O4S. The van der Waals surface area contributed by atoms with Crippen LogP contribution in [0.3, 0.4) is 0 Å². The van der Waals surface area contributed by atoms with Crippen LogP contribution in [0.2, 0.25) is 0 Å². The number of thiophene rings is 1. The first-order valence-corrected chi connectivity index (χ1v) is 10.1. The van der Waals surface area contributed by atoms with Gasteiger partial charge in [0.2, 0.25) is 11.8 Å². The predicted molar refractivity (Wildman–Crippen MR) is 104 cm³/mol. The van der Waals surface area contributed by atoms with Gasteiger partial charge in [0.25, 0.3) is 5.91 Å². The average Bonchev–Trinajstić information content (AvgIpc) is 3.26. The summed E-state index contributed by atoms with van der Waals surface area (Å²) in [4.78, 5) is 41.8. The maximum Gasteiger partial charge on any atom is 0.264 e. The lowest BCUT2D eigenvalue weighted by molar-refractivity contribution is -0.154. The minimum atomic E-state index is -0.688. The van der Waals surface area contributed by atoms with Crippen LogP contribution in [0.15, 0.2) is 47.8 Å². The first-order chi connectivity index (χ1) is 13.6. The third-order valence-corrected chi connectivity index (χ3v) is 5.85. The standard InChI is InChI=1S/C20H21N3O4S/c24-18-16-11-22(20(26)17-7-4-10-28-17)8-9-23(16)19(25)15(21-18)13-27-12-14-5-2-1-3-6-14/h1-7,10,15-16H,8-9,11-13H2,(H,21,24)/t15-,16+/m0/s1. The molecule has 28 heavy (non-hydrogen) atoms. The molecule has 0 radical (unpaired) electrons. The molecule has 0 aliphatic carbocycles. The van der Waals surface area contributed by atoms with E-state index >= 15 is 0 Å². The quantitative estimate of drug-likeness (QED) is 0.817. The van der Waals surface area contributed by atoms with E-state index in [2.05, 4.69) is 5.32 Å². The van der Waals surface area contributed by atoms with Crippen molar-refractivity contribution in [3.63, 3.8) is 0 Å². The Balaban J connectivity index is 1.35. The Bertz CT molecular complexity index is 856. The minimum absolute atomic E-state index is 0.0942. The van der Waals surface area contributed by atoms with E-state index in [1.807, 2.05) is 41.8 Å². The second kappa shape index (κ2) is 8.12. The molecule has 2 aromatic rings. The van der Waals surface area contributed by atoms with Crippen LogP contribution in [0.1, 0.15) is 15.2 Å². The number of benzene rings is 1. The lowest BCUT2D eigenvalue weighted by Crippen LogP contribution is -2.70. The summed E-state index contributed by atoms with van der Waals surface area (Å²) in [6.45, 7) is 1.49. The van der Waals surface area contributed by atoms with E-state index in [0.717, 1.165) is 5.56 Å². The number of rotatable bonds is 5. The minimum Gasteiger partial charge on any atom is -0.374 e. The number of fused-ring (bicyclic) bond motifs is 1. The van der Waals surface area contributed by atoms with Gasteiger partial charge in [-0.05, 0) is 17.0 Å². The molecule has 0 saturated carbocycles. The Morgan fingerprint density at radius 1 is 1.14 bits per heavy atom. The van der Waals surface area contributed by atoms with Crippen LogP contribution in [0.4, 0.5) is 0 Å². The Labute approximate surface area is 166 Å². The number of hydrogen-bond acceptors (Lipinski definition) is 5. The summed E-state index contributed by atoms with van der Waals surface area (Å²) in [5, 5.41) is 4.60. The van der Waals surface area contributed by atoms with Crippen LogP contribution in [-0.4, -0.2) is 65.8 Å². The van der Waals surface area contributed by atoms with E-state index in [0.29, 0.717) is 24.6 Å². The number of ether oxygens (including phenoxy) is 1. The van der Waals surface area contributed by atoms with E-state index < -0.39 is 12.1 Å². The fourth-order valence-electron chi connectivity index (χ4n) is 3.52. The van der Waals surface area contributed by atoms with E-state index in [9.17, 15) is 14.4 Å². The maximum atomic E-state index is 12.8. The summed E-state index contributed by atoms with van der Waals surface area (Å²) in [7, 11) is 0. The molecule has 0 spiro atoms. The Morgan fingerprint density at radius 3 is 2.71 bits per heavy atom. The van der Waals surface area contributed by atoms with Crippen molar-refractivity contribution in [3.05, 3.63) is 58.3 Å². The van der Waals surface area contributed by atoms with Crippen molar-refractivity contribution in [2.75, 3.05) is 26.2 Å². The average molecular weight is 399 g/mol. The van der Waals surface area contributed by atoms with Crippen molar-refractivity contribution in [2.24, 2.45) is 0 Å². The molecule has 0 unspecified atom stereocenters. The van der Waals surface area contributed by atoms with E-state index in [1.54, 1.807) is 15.9 Å². The zero-order valence-electron chi connectivity index (χ0n) is 15.2. The van der Waals surface area contributed by atoms with E-state index in [4.69, 9.17) is 4.74 Å². The molecule has 0 bridgehead atoms. The Hall–Kier alpha value is -2.71. The van der Waals surface area contributed by atoms with Crippen LogP contribution >= 0.6 is 11.3 Å². The number of carbonyl (C=O) groups excluding carboxylic acids is 3. The molecule has 3 heterocycles. The smallest absolute Gasteiger partial charge is 0.264 e. The van der Waals surface area contributed by atoms with E-state index in [1.165, 1.54) is 11.3 Å². The van der Waals surface area contributed by atoms with Crippen LogP contribution in [0.25, 0.3) is 0 Å². The molecule has 1 aromatic carbocycles. The lowest BCUT2D eigenvalue weighted by Gasteiger charge is -2.45. The third-order valence-electron chi connectivity index (χ3n) is 5.00. The molecule has 2 saturated heterocycles. The zero-order chi connectivity index (χ0) is 19.5. The van der Waals surface area contributed by atoms with Crippen LogP contribution in [-0.2, 0) is 20.9 Å². The highest BCUT2D eigenvalue weighted by molar-refractivity contribution is 7.12. The highest BCUT2D eigenvalue weighted by Gasteiger charge is 2.44. The second-order valence-corrected chi connectivity index (χ2v) is 7.79. The molecule has 2 atom stereocenters. The lowest BCUT2D eigenvalue weighted by atomic mass is 10.0. The third kappa shape index (κ3) is 3.79. The van der Waals surface area contributed by atoms with Crippen molar-refractivity contribution in [1.29, 1.82) is 0 Å². The highest BCUT2D eigenvalue weighted by Crippen LogP contribution is 2.20. The number of amides is 3. The van der Waals surface area contributed by atoms with Crippen molar-refractivity contribution < 1.29 is 19.1 Å². The van der Waals surface area contributed by atoms with Crippen LogP contribution in [0.5, 0.6) is 0 Å². The summed E-state index contributed by atoms with van der Waals surface area (Å²) in [5.41, 5.74) is 1.01. The van der Waals surface area contributed by atoms with Crippen molar-refractivity contribution in [2.45, 2.75) is 18.7 Å². The molecule has 8 heteroatoms. The van der Waals surface area contributed by atoms with Gasteiger partial charge in [-0.15, -0.1) is 11.3 Å². The number of hydrogen-bond donors (Lipinski definition) is 1. The van der Waals surface area contributed by atoms with E-state index in [-0.39, 0.29) is 30.9 Å². The Kier molecular flexibility index (Phi) is 5.40. The molecule has 2 fully saturated rings. The normalized spacial score (nSPS) is 22.0. The van der Waals surface area contributed by atoms with Gasteiger partial charge < -0.3 is 19.9 Å². The van der Waals surface area contributed by atoms with Crippen LogP contribution in [0, 0.1) is 0 Å². The van der Waals surface area contributed by atoms with Gasteiger partial charge in [0.15, 0.2) is 0 Å². The van der Waals surface area contributed by atoms with Crippen LogP contribution < -0.4 is 5.32 Å². The topological polar surface area (TPSA) is 79.0 Å². The van der Waals surface area contributed by atoms with Crippen molar-refractivity contribution in [1.82, 2.24) is 15.1 Å². The maximum absolute atomic E-state index is 12.8. The second-order valence-electron chi connectivity index (χ2n) is 6.84. The van der Waals surface area contributed by atoms with Gasteiger partial charge in [-0.3, -0.25) is 14.4 Å². The summed E-state index contributed by atoms with van der Waals surface area (Å²) < 4.78 is 5.64. The molecule has 3 amide bonds. The SMILES string of the molecule is O=C1N[C@@H](COCc2ccccc2)C(=O)N2CCN(C(=O)c3cccs3)C[C@H]12. The fourth-order valence-corrected chi connectivity index (χ4v) is 4.21. The molecule has 1 N–H and O–H groups in total. The Morgan fingerprint density at radius 2 is 1.96 bits per heavy atom. The first kappa shape index (κ1) is 18.6. The molecule has 146 valence electrons. The number of carbonyl (C=O) groups is 3. The summed E-state index contributed by atoms with van der Waals surface area (Å²) in [6.07, 6.45) is 0. The number of piperazine rings is 2. The first-order valence-electron chi connectivity index (χ1n) is 9.19. The van der Waals surface area contributed by atoms with Gasteiger partial charge in [-0.25, -0.2) is 0 Å². The van der Waals surface area contributed by atoms with Gasteiger partial charge >= 0.3 is 0 Å². The highest BCUT2D eigenvalue weighted by atomic mass is 32.1. The fraction of sp³-hybridized carbons (Fsp3) is 0.350. The van der Waals surface area contributed by atoms with Gasteiger partial charge in [0.05, 0.1) is 24.6 Å². The largest absolute Gasteiger partial charge is 0.374 e. The van der Waals surface area contributed by atoms with Gasteiger partial charge in [0, 0.05) is 13.1 Å². The number of nitrogens with zero attached hydrogens (tertiary/aromatic N) is 2. The monoisotopic (exact) mass is 399 g/mol. The summed E-state index contributed by atoms with van der Waals surface area (Å²) in [6, 6.07) is 11.9. The van der Waals surface area contributed by atoms with Crippen molar-refractivity contribution >= 4 is 29.1 Å². The van der Waals surface area contributed by atoms with Gasteiger partial charge in [0.1, 0.15) is 12.1 Å². The van der Waals surface area contributed by atoms with Crippen molar-refractivity contribution in [3.8, 4) is 0 Å². The van der Waals surface area contributed by atoms with Gasteiger partial charge in [-0.1, -0.05) is 36.4 Å². The zero-order valence-corrected chi connectivity index (χ0v) is 16.1. The number of nitrogens with one attached hydrogen (secondary N) is 1.